The first-order valence-electron chi connectivity index (χ1n) is 5.59. The fraction of sp³-hybridized carbons (Fsp3) is 0.308. The highest BCUT2D eigenvalue weighted by atomic mass is 127. The van der Waals surface area contributed by atoms with Gasteiger partial charge in [0, 0.05) is 6.54 Å². The number of benzene rings is 1. The van der Waals surface area contributed by atoms with Gasteiger partial charge in [-0.1, -0.05) is 24.3 Å². The van der Waals surface area contributed by atoms with E-state index in [0.29, 0.717) is 12.5 Å². The summed E-state index contributed by atoms with van der Waals surface area (Å²) in [6.07, 6.45) is 4.95. The number of halogens is 1. The van der Waals surface area contributed by atoms with Gasteiger partial charge in [0.15, 0.2) is 5.96 Å². The minimum Gasteiger partial charge on any atom is -0.495 e. The van der Waals surface area contributed by atoms with E-state index in [1.165, 1.54) is 0 Å². The summed E-state index contributed by atoms with van der Waals surface area (Å²) >= 11 is 0. The van der Waals surface area contributed by atoms with Gasteiger partial charge < -0.3 is 15.8 Å². The quantitative estimate of drug-likeness (QED) is 0.279. The highest BCUT2D eigenvalue weighted by molar-refractivity contribution is 14.0. The van der Waals surface area contributed by atoms with E-state index in [-0.39, 0.29) is 24.0 Å². The summed E-state index contributed by atoms with van der Waals surface area (Å²) in [4.78, 5) is 4.21. The van der Waals surface area contributed by atoms with E-state index in [9.17, 15) is 0 Å². The number of hydrogen-bond acceptors (Lipinski definition) is 2. The Morgan fingerprint density at radius 2 is 2.17 bits per heavy atom. The molecule has 4 nitrogen and oxygen atoms in total. The molecule has 0 aliphatic carbocycles. The molecule has 18 heavy (non-hydrogen) atoms. The second kappa shape index (κ2) is 9.76. The van der Waals surface area contributed by atoms with Crippen LogP contribution in [0.4, 0.5) is 5.69 Å². The number of methoxy groups -OCH3 is 1. The number of anilines is 1. The fourth-order valence-corrected chi connectivity index (χ4v) is 1.35. The van der Waals surface area contributed by atoms with Gasteiger partial charge >= 0.3 is 0 Å². The molecule has 0 atom stereocenters. The first kappa shape index (κ1) is 16.8. The third-order valence-corrected chi connectivity index (χ3v) is 2.18. The Bertz CT molecular complexity index is 405. The smallest absolute Gasteiger partial charge is 0.193 e. The van der Waals surface area contributed by atoms with Gasteiger partial charge in [-0.3, -0.25) is 4.99 Å². The van der Waals surface area contributed by atoms with E-state index in [2.05, 4.69) is 16.4 Å². The fourth-order valence-electron chi connectivity index (χ4n) is 1.35. The summed E-state index contributed by atoms with van der Waals surface area (Å²) in [6, 6.07) is 7.59. The Balaban J connectivity index is 0.00000289. The van der Waals surface area contributed by atoms with Gasteiger partial charge in [0.1, 0.15) is 5.75 Å². The highest BCUT2D eigenvalue weighted by Crippen LogP contribution is 2.22. The number of nitrogens with two attached hydrogens (primary N) is 1. The second-order valence-electron chi connectivity index (χ2n) is 3.45. The molecular formula is C13H20IN3O. The Morgan fingerprint density at radius 1 is 1.44 bits per heavy atom. The van der Waals surface area contributed by atoms with Crippen molar-refractivity contribution < 1.29 is 4.74 Å². The molecule has 5 heteroatoms. The van der Waals surface area contributed by atoms with Crippen molar-refractivity contribution in [3.05, 3.63) is 36.4 Å². The zero-order valence-corrected chi connectivity index (χ0v) is 13.0. The summed E-state index contributed by atoms with van der Waals surface area (Å²) < 4.78 is 5.21. The third-order valence-electron chi connectivity index (χ3n) is 2.18. The van der Waals surface area contributed by atoms with Crippen LogP contribution in [0.5, 0.6) is 5.75 Å². The zero-order valence-electron chi connectivity index (χ0n) is 10.7. The van der Waals surface area contributed by atoms with Gasteiger partial charge in [0.2, 0.25) is 0 Å². The van der Waals surface area contributed by atoms with Crippen LogP contribution in [0, 0.1) is 0 Å². The Kier molecular flexibility index (Phi) is 9.08. The first-order chi connectivity index (χ1) is 8.27. The average molecular weight is 361 g/mol. The number of para-hydroxylation sites is 2. The minimum absolute atomic E-state index is 0. The van der Waals surface area contributed by atoms with E-state index in [1.807, 2.05) is 37.3 Å². The van der Waals surface area contributed by atoms with Crippen molar-refractivity contribution in [2.45, 2.75) is 13.3 Å². The molecule has 100 valence electrons. The normalized spacial score (nSPS) is 11.1. The number of hydrogen-bond donors (Lipinski definition) is 2. The van der Waals surface area contributed by atoms with Crippen LogP contribution < -0.4 is 15.8 Å². The number of rotatable bonds is 5. The summed E-state index contributed by atoms with van der Waals surface area (Å²) in [5, 5.41) is 3.02. The molecule has 0 spiro atoms. The van der Waals surface area contributed by atoms with Crippen molar-refractivity contribution in [1.29, 1.82) is 0 Å². The number of guanidine groups is 1. The molecule has 0 unspecified atom stereocenters. The van der Waals surface area contributed by atoms with Crippen LogP contribution >= 0.6 is 24.0 Å². The Labute approximate surface area is 125 Å². The van der Waals surface area contributed by atoms with Crippen molar-refractivity contribution in [3.8, 4) is 5.75 Å². The number of aliphatic imine (C=N–C) groups is 1. The summed E-state index contributed by atoms with van der Waals surface area (Å²) in [7, 11) is 1.62. The van der Waals surface area contributed by atoms with E-state index in [4.69, 9.17) is 10.5 Å². The number of ether oxygens (including phenoxy) is 1. The average Bonchev–Trinajstić information content (AvgIpc) is 2.35. The SMILES string of the molecule is CC=CCCN=C(N)Nc1ccccc1OC.I. The lowest BCUT2D eigenvalue weighted by Gasteiger charge is -2.09. The standard InChI is InChI=1S/C13H19N3O.HI/c1-3-4-7-10-15-13(14)16-11-8-5-6-9-12(11)17-2;/h3-6,8-9H,7,10H2,1-2H3,(H3,14,15,16);1H. The van der Waals surface area contributed by atoms with E-state index < -0.39 is 0 Å². The molecule has 1 aromatic rings. The van der Waals surface area contributed by atoms with Crippen molar-refractivity contribution in [1.82, 2.24) is 0 Å². The van der Waals surface area contributed by atoms with Crippen molar-refractivity contribution >= 4 is 35.6 Å². The monoisotopic (exact) mass is 361 g/mol. The molecule has 3 N–H and O–H groups in total. The molecule has 0 saturated heterocycles. The molecule has 0 heterocycles. The molecule has 0 aliphatic heterocycles. The van der Waals surface area contributed by atoms with Crippen molar-refractivity contribution in [3.63, 3.8) is 0 Å². The lowest BCUT2D eigenvalue weighted by Crippen LogP contribution is -2.23. The second-order valence-corrected chi connectivity index (χ2v) is 3.45. The molecule has 0 aliphatic rings. The van der Waals surface area contributed by atoms with Gasteiger partial charge in [-0.2, -0.15) is 0 Å². The highest BCUT2D eigenvalue weighted by Gasteiger charge is 2.01. The molecule has 0 bridgehead atoms. The summed E-state index contributed by atoms with van der Waals surface area (Å²) in [6.45, 7) is 2.67. The Hall–Kier alpha value is -1.24. The van der Waals surface area contributed by atoms with Crippen LogP contribution in [-0.4, -0.2) is 19.6 Å². The predicted octanol–water partition coefficient (Wildman–Crippen LogP) is 3.01. The third kappa shape index (κ3) is 5.90. The van der Waals surface area contributed by atoms with Gasteiger partial charge in [0.25, 0.3) is 0 Å². The van der Waals surface area contributed by atoms with Crippen molar-refractivity contribution in [2.24, 2.45) is 10.7 Å². The van der Waals surface area contributed by atoms with Crippen molar-refractivity contribution in [2.75, 3.05) is 19.0 Å². The maximum Gasteiger partial charge on any atom is 0.193 e. The number of nitrogens with zero attached hydrogens (tertiary/aromatic N) is 1. The van der Waals surface area contributed by atoms with Gasteiger partial charge in [-0.25, -0.2) is 0 Å². The van der Waals surface area contributed by atoms with Gasteiger partial charge in [-0.05, 0) is 25.5 Å². The molecule has 1 rings (SSSR count). The van der Waals surface area contributed by atoms with Crippen LogP contribution in [0.1, 0.15) is 13.3 Å². The summed E-state index contributed by atoms with van der Waals surface area (Å²) in [5.41, 5.74) is 6.59. The lowest BCUT2D eigenvalue weighted by atomic mass is 10.3. The molecule has 0 amide bonds. The molecular weight excluding hydrogens is 341 g/mol. The molecule has 0 saturated carbocycles. The van der Waals surface area contributed by atoms with Gasteiger partial charge in [-0.15, -0.1) is 24.0 Å². The van der Waals surface area contributed by atoms with Gasteiger partial charge in [0.05, 0.1) is 12.8 Å². The van der Waals surface area contributed by atoms with Crippen LogP contribution in [-0.2, 0) is 0 Å². The number of nitrogens with one attached hydrogen (secondary N) is 1. The predicted molar refractivity (Wildman–Crippen MR) is 88.0 cm³/mol. The van der Waals surface area contributed by atoms with E-state index >= 15 is 0 Å². The number of allylic oxidation sites excluding steroid dienone is 1. The molecule has 0 radical (unpaired) electrons. The van der Waals surface area contributed by atoms with Crippen LogP contribution in [0.3, 0.4) is 0 Å². The first-order valence-corrected chi connectivity index (χ1v) is 5.59. The van der Waals surface area contributed by atoms with Crippen LogP contribution in [0.2, 0.25) is 0 Å². The largest absolute Gasteiger partial charge is 0.495 e. The van der Waals surface area contributed by atoms with E-state index in [0.717, 1.165) is 17.9 Å². The Morgan fingerprint density at radius 3 is 2.83 bits per heavy atom. The minimum atomic E-state index is 0. The molecule has 0 fully saturated rings. The lowest BCUT2D eigenvalue weighted by molar-refractivity contribution is 0.417. The van der Waals surface area contributed by atoms with Crippen LogP contribution in [0.15, 0.2) is 41.4 Å². The molecule has 1 aromatic carbocycles. The topological polar surface area (TPSA) is 59.6 Å². The molecule has 0 aromatic heterocycles. The van der Waals surface area contributed by atoms with E-state index in [1.54, 1.807) is 7.11 Å². The maximum absolute atomic E-state index is 5.77. The zero-order chi connectivity index (χ0) is 12.5. The van der Waals surface area contributed by atoms with Crippen LogP contribution in [0.25, 0.3) is 0 Å². The maximum atomic E-state index is 5.77. The summed E-state index contributed by atoms with van der Waals surface area (Å²) in [5.74, 6) is 1.15.